The lowest BCUT2D eigenvalue weighted by Crippen LogP contribution is -2.53. The average molecular weight is 321 g/mol. The number of rotatable bonds is 3. The van der Waals surface area contributed by atoms with Crippen molar-refractivity contribution in [2.75, 3.05) is 33.4 Å². The Morgan fingerprint density at radius 2 is 2.13 bits per heavy atom. The first kappa shape index (κ1) is 16.2. The Morgan fingerprint density at radius 1 is 1.30 bits per heavy atom. The normalized spacial score (nSPS) is 25.7. The Labute approximate surface area is 136 Å². The van der Waals surface area contributed by atoms with Crippen molar-refractivity contribution in [2.45, 2.75) is 31.6 Å². The number of nitrogens with zero attached hydrogens (tertiary/aromatic N) is 2. The first-order valence-corrected chi connectivity index (χ1v) is 8.20. The third-order valence-corrected chi connectivity index (χ3v) is 4.38. The minimum absolute atomic E-state index is 0.0817. The molecule has 1 aromatic rings. The number of hydrogen-bond donors (Lipinski definition) is 1. The van der Waals surface area contributed by atoms with Crippen molar-refractivity contribution in [3.05, 3.63) is 35.6 Å². The van der Waals surface area contributed by atoms with Crippen LogP contribution >= 0.6 is 0 Å². The molecule has 0 radical (unpaired) electrons. The van der Waals surface area contributed by atoms with E-state index in [1.807, 2.05) is 6.07 Å². The van der Waals surface area contributed by atoms with E-state index >= 15 is 0 Å². The van der Waals surface area contributed by atoms with Crippen molar-refractivity contribution >= 4 is 5.96 Å². The maximum Gasteiger partial charge on any atom is 0.194 e. The van der Waals surface area contributed by atoms with Crippen molar-refractivity contribution < 1.29 is 13.9 Å². The molecule has 3 rings (SSSR count). The predicted molar refractivity (Wildman–Crippen MR) is 86.9 cm³/mol. The van der Waals surface area contributed by atoms with Crippen molar-refractivity contribution in [3.8, 4) is 0 Å². The lowest BCUT2D eigenvalue weighted by atomic mass is 10.1. The highest BCUT2D eigenvalue weighted by atomic mass is 19.1. The first-order chi connectivity index (χ1) is 11.3. The summed E-state index contributed by atoms with van der Waals surface area (Å²) in [4.78, 5) is 6.49. The Kier molecular flexibility index (Phi) is 5.46. The molecule has 126 valence electrons. The molecule has 0 spiro atoms. The highest BCUT2D eigenvalue weighted by Crippen LogP contribution is 2.21. The number of nitrogens with one attached hydrogen (secondary N) is 1. The molecule has 2 aliphatic rings. The van der Waals surface area contributed by atoms with Crippen LogP contribution in [0.1, 0.15) is 18.4 Å². The van der Waals surface area contributed by atoms with Gasteiger partial charge in [0.25, 0.3) is 0 Å². The number of hydrogen-bond acceptors (Lipinski definition) is 3. The first-order valence-electron chi connectivity index (χ1n) is 8.20. The van der Waals surface area contributed by atoms with Gasteiger partial charge in [0, 0.05) is 38.9 Å². The van der Waals surface area contributed by atoms with Crippen LogP contribution in [0.25, 0.3) is 0 Å². The summed E-state index contributed by atoms with van der Waals surface area (Å²) in [5.74, 6) is 0.578. The quantitative estimate of drug-likeness (QED) is 0.681. The summed E-state index contributed by atoms with van der Waals surface area (Å²) < 4.78 is 25.3. The highest BCUT2D eigenvalue weighted by molar-refractivity contribution is 5.80. The summed E-state index contributed by atoms with van der Waals surface area (Å²) in [6, 6.07) is 6.79. The molecule has 2 unspecified atom stereocenters. The summed E-state index contributed by atoms with van der Waals surface area (Å²) in [5, 5.41) is 3.25. The van der Waals surface area contributed by atoms with E-state index in [4.69, 9.17) is 9.47 Å². The number of ether oxygens (including phenoxy) is 2. The van der Waals surface area contributed by atoms with Gasteiger partial charge in [0.05, 0.1) is 12.7 Å². The average Bonchev–Trinajstić information content (AvgIpc) is 3.12. The molecule has 0 aliphatic carbocycles. The molecule has 2 atom stereocenters. The molecule has 6 heteroatoms. The van der Waals surface area contributed by atoms with Gasteiger partial charge in [-0.15, -0.1) is 0 Å². The van der Waals surface area contributed by atoms with Crippen LogP contribution in [0, 0.1) is 5.82 Å². The summed E-state index contributed by atoms with van der Waals surface area (Å²) in [6.07, 6.45) is 2.42. The minimum atomic E-state index is -0.199. The van der Waals surface area contributed by atoms with Gasteiger partial charge in [-0.25, -0.2) is 4.39 Å². The maximum atomic E-state index is 13.7. The minimum Gasteiger partial charge on any atom is -0.375 e. The topological polar surface area (TPSA) is 46.1 Å². The second-order valence-corrected chi connectivity index (χ2v) is 5.90. The smallest absolute Gasteiger partial charge is 0.194 e. The molecule has 0 aromatic heterocycles. The molecule has 5 nitrogen and oxygen atoms in total. The van der Waals surface area contributed by atoms with Gasteiger partial charge in [-0.1, -0.05) is 18.2 Å². The van der Waals surface area contributed by atoms with Crippen LogP contribution in [0.5, 0.6) is 0 Å². The Bertz CT molecular complexity index is 546. The van der Waals surface area contributed by atoms with Gasteiger partial charge in [0.1, 0.15) is 11.9 Å². The number of halogens is 1. The number of morpholine rings is 1. The van der Waals surface area contributed by atoms with Gasteiger partial charge in [-0.3, -0.25) is 4.99 Å². The van der Waals surface area contributed by atoms with Crippen LogP contribution in [0.15, 0.2) is 29.3 Å². The second kappa shape index (κ2) is 7.75. The van der Waals surface area contributed by atoms with E-state index in [0.717, 1.165) is 38.5 Å². The zero-order valence-corrected chi connectivity index (χ0v) is 13.5. The molecular weight excluding hydrogens is 297 g/mol. The van der Waals surface area contributed by atoms with Crippen LogP contribution in [-0.2, 0) is 16.0 Å². The fraction of sp³-hybridized carbons (Fsp3) is 0.588. The van der Waals surface area contributed by atoms with E-state index in [0.29, 0.717) is 18.7 Å². The van der Waals surface area contributed by atoms with Gasteiger partial charge >= 0.3 is 0 Å². The molecule has 2 saturated heterocycles. The van der Waals surface area contributed by atoms with E-state index in [9.17, 15) is 4.39 Å². The number of benzene rings is 1. The van der Waals surface area contributed by atoms with Gasteiger partial charge < -0.3 is 19.7 Å². The molecule has 0 bridgehead atoms. The van der Waals surface area contributed by atoms with E-state index in [1.165, 1.54) is 6.07 Å². The van der Waals surface area contributed by atoms with E-state index in [-0.39, 0.29) is 18.0 Å². The van der Waals surface area contributed by atoms with Gasteiger partial charge in [0.15, 0.2) is 5.96 Å². The molecule has 23 heavy (non-hydrogen) atoms. The Balaban J connectivity index is 1.58. The lowest BCUT2D eigenvalue weighted by Gasteiger charge is -2.37. The maximum absolute atomic E-state index is 13.7. The molecule has 2 fully saturated rings. The molecule has 2 aliphatic heterocycles. The standard InChI is InChI=1S/C17H24FN3O2/c1-19-17(20-11-13-5-2-3-6-14(13)18)21-8-10-23-16(12-21)15-7-4-9-22-15/h2-3,5-6,15-16H,4,7-12H2,1H3,(H,19,20). The third-order valence-electron chi connectivity index (χ3n) is 4.38. The summed E-state index contributed by atoms with van der Waals surface area (Å²) in [5.41, 5.74) is 0.637. The van der Waals surface area contributed by atoms with Crippen molar-refractivity contribution in [1.29, 1.82) is 0 Å². The van der Waals surface area contributed by atoms with Gasteiger partial charge in [-0.05, 0) is 18.9 Å². The second-order valence-electron chi connectivity index (χ2n) is 5.90. The van der Waals surface area contributed by atoms with Crippen molar-refractivity contribution in [2.24, 2.45) is 4.99 Å². The Morgan fingerprint density at radius 3 is 2.87 bits per heavy atom. The van der Waals surface area contributed by atoms with Crippen molar-refractivity contribution in [3.63, 3.8) is 0 Å². The Hall–Kier alpha value is -1.66. The molecule has 0 saturated carbocycles. The van der Waals surface area contributed by atoms with Crippen LogP contribution in [0.3, 0.4) is 0 Å². The monoisotopic (exact) mass is 321 g/mol. The fourth-order valence-electron chi connectivity index (χ4n) is 3.14. The van der Waals surface area contributed by atoms with Crippen LogP contribution < -0.4 is 5.32 Å². The molecular formula is C17H24FN3O2. The summed E-state index contributed by atoms with van der Waals surface area (Å²) in [7, 11) is 1.75. The van der Waals surface area contributed by atoms with Crippen molar-refractivity contribution in [1.82, 2.24) is 10.2 Å². The van der Waals surface area contributed by atoms with Crippen LogP contribution in [-0.4, -0.2) is 56.4 Å². The van der Waals surface area contributed by atoms with Gasteiger partial charge in [-0.2, -0.15) is 0 Å². The van der Waals surface area contributed by atoms with E-state index in [2.05, 4.69) is 15.2 Å². The summed E-state index contributed by atoms with van der Waals surface area (Å²) >= 11 is 0. The highest BCUT2D eigenvalue weighted by Gasteiger charge is 2.32. The number of aliphatic imine (C=N–C) groups is 1. The van der Waals surface area contributed by atoms with Crippen LogP contribution in [0.2, 0.25) is 0 Å². The SMILES string of the molecule is CN=C(NCc1ccccc1F)N1CCOC(C2CCCO2)C1. The zero-order valence-electron chi connectivity index (χ0n) is 13.5. The molecule has 0 amide bonds. The van der Waals surface area contributed by atoms with Crippen LogP contribution in [0.4, 0.5) is 4.39 Å². The van der Waals surface area contributed by atoms with Gasteiger partial charge in [0.2, 0.25) is 0 Å². The predicted octanol–water partition coefficient (Wildman–Crippen LogP) is 1.78. The lowest BCUT2D eigenvalue weighted by molar-refractivity contribution is -0.0817. The largest absolute Gasteiger partial charge is 0.375 e. The molecule has 2 heterocycles. The molecule has 1 N–H and O–H groups in total. The number of guanidine groups is 1. The fourth-order valence-corrected chi connectivity index (χ4v) is 3.14. The van der Waals surface area contributed by atoms with E-state index in [1.54, 1.807) is 19.2 Å². The summed E-state index contributed by atoms with van der Waals surface area (Å²) in [6.45, 7) is 3.43. The third kappa shape index (κ3) is 4.00. The zero-order chi connectivity index (χ0) is 16.1. The van der Waals surface area contributed by atoms with E-state index < -0.39 is 0 Å². The molecule has 1 aromatic carbocycles.